The number of nitrogens with zero attached hydrogens (tertiary/aromatic N) is 2. The molecule has 0 amide bonds. The average molecular weight is 185 g/mol. The number of carbonyl (C=O) groups is 1. The van der Waals surface area contributed by atoms with Crippen molar-refractivity contribution >= 4 is 5.78 Å². The van der Waals surface area contributed by atoms with Crippen molar-refractivity contribution in [2.75, 3.05) is 52.4 Å². The van der Waals surface area contributed by atoms with Crippen LogP contribution in [0.2, 0.25) is 0 Å². The van der Waals surface area contributed by atoms with Gasteiger partial charge in [0.15, 0.2) is 0 Å². The van der Waals surface area contributed by atoms with Gasteiger partial charge in [0.25, 0.3) is 0 Å². The molecule has 3 saturated heterocycles. The van der Waals surface area contributed by atoms with Gasteiger partial charge in [-0.15, -0.1) is 0 Å². The second-order valence-electron chi connectivity index (χ2n) is 4.21. The number of aliphatic hydroxyl groups excluding tert-OH is 1. The molecule has 0 aliphatic carbocycles. The maximum atomic E-state index is 11.2. The number of rotatable bonds is 3. The van der Waals surface area contributed by atoms with E-state index in [2.05, 4.69) is 4.90 Å². The minimum Gasteiger partial charge on any atom is -0.388 e. The normalized spacial score (nSPS) is 37.8. The van der Waals surface area contributed by atoms with Gasteiger partial charge in [-0.2, -0.15) is 0 Å². The van der Waals surface area contributed by atoms with Crippen LogP contribution in [0.25, 0.3) is 0 Å². The molecule has 2 bridgehead atoms. The predicted molar refractivity (Wildman–Crippen MR) is 48.3 cm³/mol. The zero-order valence-corrected chi connectivity index (χ0v) is 7.91. The Labute approximate surface area is 78.3 Å². The smallest absolute Gasteiger partial charge is 0.212 e. The molecule has 0 radical (unpaired) electrons. The Bertz CT molecular complexity index is 196. The van der Waals surface area contributed by atoms with Crippen molar-refractivity contribution in [1.29, 1.82) is 0 Å². The van der Waals surface area contributed by atoms with E-state index in [9.17, 15) is 4.79 Å². The van der Waals surface area contributed by atoms with Crippen LogP contribution in [0.5, 0.6) is 0 Å². The number of carbonyl (C=O) groups excluding carboxylic acids is 1. The van der Waals surface area contributed by atoms with E-state index in [0.717, 1.165) is 43.8 Å². The summed E-state index contributed by atoms with van der Waals surface area (Å²) in [5.41, 5.74) is 0. The molecule has 0 unspecified atom stereocenters. The third-order valence-electron chi connectivity index (χ3n) is 3.36. The fourth-order valence-corrected chi connectivity index (χ4v) is 2.39. The Morgan fingerprint density at radius 2 is 1.77 bits per heavy atom. The summed E-state index contributed by atoms with van der Waals surface area (Å²) in [5.74, 6) is -0.00431. The van der Waals surface area contributed by atoms with Crippen LogP contribution >= 0.6 is 0 Å². The van der Waals surface area contributed by atoms with Gasteiger partial charge < -0.3 is 9.59 Å². The standard InChI is InChI=1S/C9H17N2O2/c12-8-9(13)7-11-4-1-10(2-5-11)3-6-11/h12H,1-8H2/q+1. The topological polar surface area (TPSA) is 40.5 Å². The third kappa shape index (κ3) is 1.75. The van der Waals surface area contributed by atoms with Gasteiger partial charge in [-0.3, -0.25) is 9.69 Å². The van der Waals surface area contributed by atoms with Crippen LogP contribution in [-0.2, 0) is 4.79 Å². The van der Waals surface area contributed by atoms with E-state index in [1.165, 1.54) is 0 Å². The predicted octanol–water partition coefficient (Wildman–Crippen LogP) is -1.31. The molecular formula is C9H17N2O2+. The highest BCUT2D eigenvalue weighted by atomic mass is 16.3. The number of fused-ring (bicyclic) bond motifs is 3. The van der Waals surface area contributed by atoms with Gasteiger partial charge in [-0.05, 0) is 0 Å². The van der Waals surface area contributed by atoms with Crippen LogP contribution < -0.4 is 0 Å². The van der Waals surface area contributed by atoms with Gasteiger partial charge in [0, 0.05) is 19.6 Å². The second-order valence-corrected chi connectivity index (χ2v) is 4.21. The zero-order chi connectivity index (χ0) is 9.31. The van der Waals surface area contributed by atoms with E-state index in [-0.39, 0.29) is 12.4 Å². The van der Waals surface area contributed by atoms with E-state index in [0.29, 0.717) is 6.54 Å². The number of aliphatic hydroxyl groups is 1. The SMILES string of the molecule is O=C(CO)C[N+]12CCN(CC1)CC2. The molecule has 3 aliphatic heterocycles. The highest BCUT2D eigenvalue weighted by Crippen LogP contribution is 2.18. The number of quaternary nitrogens is 1. The molecule has 3 aliphatic rings. The van der Waals surface area contributed by atoms with Crippen LogP contribution in [0.1, 0.15) is 0 Å². The second kappa shape index (κ2) is 3.36. The molecule has 0 aromatic rings. The molecule has 0 saturated carbocycles. The molecule has 4 nitrogen and oxygen atoms in total. The molecule has 0 aromatic carbocycles. The lowest BCUT2D eigenvalue weighted by Crippen LogP contribution is -2.68. The molecule has 74 valence electrons. The van der Waals surface area contributed by atoms with Gasteiger partial charge in [-0.1, -0.05) is 0 Å². The number of hydrogen-bond acceptors (Lipinski definition) is 3. The Kier molecular flexibility index (Phi) is 2.36. The van der Waals surface area contributed by atoms with E-state index < -0.39 is 0 Å². The largest absolute Gasteiger partial charge is 0.388 e. The molecule has 3 fully saturated rings. The summed E-state index contributed by atoms with van der Waals surface area (Å²) >= 11 is 0. The highest BCUT2D eigenvalue weighted by Gasteiger charge is 2.39. The van der Waals surface area contributed by atoms with E-state index >= 15 is 0 Å². The first-order chi connectivity index (χ1) is 6.24. The van der Waals surface area contributed by atoms with Gasteiger partial charge in [0.2, 0.25) is 5.78 Å². The van der Waals surface area contributed by atoms with Crippen molar-refractivity contribution in [3.63, 3.8) is 0 Å². The molecule has 13 heavy (non-hydrogen) atoms. The third-order valence-corrected chi connectivity index (χ3v) is 3.36. The van der Waals surface area contributed by atoms with Gasteiger partial charge in [-0.25, -0.2) is 0 Å². The van der Waals surface area contributed by atoms with Crippen LogP contribution in [0.4, 0.5) is 0 Å². The summed E-state index contributed by atoms with van der Waals surface area (Å²) in [4.78, 5) is 13.6. The molecule has 3 rings (SSSR count). The van der Waals surface area contributed by atoms with E-state index in [4.69, 9.17) is 5.11 Å². The van der Waals surface area contributed by atoms with Crippen LogP contribution in [0.15, 0.2) is 0 Å². The summed E-state index contributed by atoms with van der Waals surface area (Å²) in [6.07, 6.45) is 0. The lowest BCUT2D eigenvalue weighted by molar-refractivity contribution is -0.933. The summed E-state index contributed by atoms with van der Waals surface area (Å²) in [5, 5.41) is 8.72. The maximum Gasteiger partial charge on any atom is 0.212 e. The maximum absolute atomic E-state index is 11.2. The Morgan fingerprint density at radius 3 is 2.23 bits per heavy atom. The van der Waals surface area contributed by atoms with Gasteiger partial charge >= 0.3 is 0 Å². The summed E-state index contributed by atoms with van der Waals surface area (Å²) in [7, 11) is 0. The van der Waals surface area contributed by atoms with Crippen molar-refractivity contribution in [3.8, 4) is 0 Å². The Hall–Kier alpha value is -0.450. The van der Waals surface area contributed by atoms with Gasteiger partial charge in [0.05, 0.1) is 19.6 Å². The average Bonchev–Trinajstić information content (AvgIpc) is 2.20. The number of ketones is 1. The molecule has 0 spiro atoms. The molecular weight excluding hydrogens is 168 g/mol. The lowest BCUT2D eigenvalue weighted by atomic mass is 10.1. The number of piperazine rings is 3. The summed E-state index contributed by atoms with van der Waals surface area (Å²) in [6, 6.07) is 0. The highest BCUT2D eigenvalue weighted by molar-refractivity contribution is 5.80. The van der Waals surface area contributed by atoms with E-state index in [1.807, 2.05) is 0 Å². The first-order valence-electron chi connectivity index (χ1n) is 4.94. The van der Waals surface area contributed by atoms with E-state index in [1.54, 1.807) is 0 Å². The van der Waals surface area contributed by atoms with Crippen LogP contribution in [0, 0.1) is 0 Å². The number of hydrogen-bond donors (Lipinski definition) is 1. The molecule has 0 aromatic heterocycles. The van der Waals surface area contributed by atoms with Crippen molar-refractivity contribution < 1.29 is 14.4 Å². The minimum absolute atomic E-state index is 0.00431. The molecule has 0 atom stereocenters. The quantitative estimate of drug-likeness (QED) is 0.555. The zero-order valence-electron chi connectivity index (χ0n) is 7.91. The minimum atomic E-state index is -0.288. The fourth-order valence-electron chi connectivity index (χ4n) is 2.39. The number of Topliss-reactive ketones (excluding diaryl/α,β-unsaturated/α-hetero) is 1. The fraction of sp³-hybridized carbons (Fsp3) is 0.889. The van der Waals surface area contributed by atoms with Crippen molar-refractivity contribution in [2.45, 2.75) is 0 Å². The first kappa shape index (κ1) is 9.12. The monoisotopic (exact) mass is 185 g/mol. The molecule has 4 heteroatoms. The van der Waals surface area contributed by atoms with Crippen LogP contribution in [-0.4, -0.2) is 72.7 Å². The molecule has 3 heterocycles. The first-order valence-corrected chi connectivity index (χ1v) is 4.94. The van der Waals surface area contributed by atoms with Crippen molar-refractivity contribution in [3.05, 3.63) is 0 Å². The lowest BCUT2D eigenvalue weighted by Gasteiger charge is -2.50. The summed E-state index contributed by atoms with van der Waals surface area (Å²) in [6.45, 7) is 6.90. The summed E-state index contributed by atoms with van der Waals surface area (Å²) < 4.78 is 0.926. The van der Waals surface area contributed by atoms with Crippen molar-refractivity contribution in [2.24, 2.45) is 0 Å². The molecule has 1 N–H and O–H groups in total. The van der Waals surface area contributed by atoms with Crippen molar-refractivity contribution in [1.82, 2.24) is 4.90 Å². The van der Waals surface area contributed by atoms with Gasteiger partial charge in [0.1, 0.15) is 13.2 Å². The van der Waals surface area contributed by atoms with Crippen LogP contribution in [0.3, 0.4) is 0 Å². The Balaban J connectivity index is 1.98. The Morgan fingerprint density at radius 1 is 1.23 bits per heavy atom.